The fraction of sp³-hybridized carbons (Fsp3) is 0.333. The number of nitrogens with one attached hydrogen (secondary N) is 2. The fourth-order valence-electron chi connectivity index (χ4n) is 2.65. The van der Waals surface area contributed by atoms with E-state index in [0.717, 1.165) is 39.6 Å². The Bertz CT molecular complexity index is 886. The van der Waals surface area contributed by atoms with Crippen molar-refractivity contribution in [2.45, 2.75) is 20.4 Å². The molecule has 0 aliphatic carbocycles. The Hall–Kier alpha value is -1.89. The van der Waals surface area contributed by atoms with Crippen LogP contribution in [0, 0.1) is 6.92 Å². The Morgan fingerprint density at radius 3 is 2.88 bits per heavy atom. The van der Waals surface area contributed by atoms with E-state index in [1.165, 1.54) is 11.3 Å². The molecule has 3 rings (SSSR count). The Morgan fingerprint density at radius 2 is 2.12 bits per heavy atom. The van der Waals surface area contributed by atoms with Gasteiger partial charge in [-0.1, -0.05) is 36.7 Å². The summed E-state index contributed by atoms with van der Waals surface area (Å²) in [5.74, 6) is -0.0391. The van der Waals surface area contributed by atoms with Gasteiger partial charge < -0.3 is 10.6 Å². The monoisotopic (exact) mass is 376 g/mol. The first kappa shape index (κ1) is 17.9. The lowest BCUT2D eigenvalue weighted by Crippen LogP contribution is -2.31. The average molecular weight is 377 g/mol. The second-order valence-corrected chi connectivity index (χ2v) is 7.21. The molecule has 0 saturated heterocycles. The Morgan fingerprint density at radius 1 is 1.32 bits per heavy atom. The third-order valence-corrected chi connectivity index (χ3v) is 5.46. The number of fused-ring (bicyclic) bond motifs is 1. The highest BCUT2D eigenvalue weighted by atomic mass is 35.5. The Kier molecular flexibility index (Phi) is 5.73. The number of aromatic nitrogens is 2. The number of carbonyl (C=O) groups excluding carboxylic acids is 1. The SMILES string of the molecule is CCNCCNC(=O)c1cc2c(C)nn(Cc3ccccc3Cl)c2s1. The van der Waals surface area contributed by atoms with E-state index in [9.17, 15) is 4.79 Å². The van der Waals surface area contributed by atoms with Gasteiger partial charge >= 0.3 is 0 Å². The van der Waals surface area contributed by atoms with Crippen LogP contribution in [0.4, 0.5) is 0 Å². The average Bonchev–Trinajstić information content (AvgIpc) is 3.15. The number of hydrogen-bond acceptors (Lipinski definition) is 4. The van der Waals surface area contributed by atoms with Crippen LogP contribution < -0.4 is 10.6 Å². The lowest BCUT2D eigenvalue weighted by molar-refractivity contribution is 0.0958. The van der Waals surface area contributed by atoms with Gasteiger partial charge in [0, 0.05) is 23.5 Å². The Labute approximate surface area is 156 Å². The molecule has 0 fully saturated rings. The fourth-order valence-corrected chi connectivity index (χ4v) is 3.92. The smallest absolute Gasteiger partial charge is 0.261 e. The van der Waals surface area contributed by atoms with Crippen LogP contribution >= 0.6 is 22.9 Å². The summed E-state index contributed by atoms with van der Waals surface area (Å²) in [5.41, 5.74) is 1.93. The second-order valence-electron chi connectivity index (χ2n) is 5.77. The van der Waals surface area contributed by atoms with Crippen LogP contribution in [0.1, 0.15) is 27.9 Å². The van der Waals surface area contributed by atoms with E-state index >= 15 is 0 Å². The molecule has 0 aliphatic rings. The van der Waals surface area contributed by atoms with Crippen LogP contribution in [0.25, 0.3) is 10.2 Å². The standard InChI is InChI=1S/C18H21ClN4OS/c1-3-20-8-9-21-17(24)16-10-14-12(2)22-23(18(14)25-16)11-13-6-4-5-7-15(13)19/h4-7,10,20H,3,8-9,11H2,1-2H3,(H,21,24). The molecule has 0 atom stereocenters. The van der Waals surface area contributed by atoms with Gasteiger partial charge in [0.25, 0.3) is 5.91 Å². The number of rotatable bonds is 7. The molecule has 5 nitrogen and oxygen atoms in total. The van der Waals surface area contributed by atoms with Gasteiger partial charge in [0.1, 0.15) is 4.83 Å². The molecule has 2 N–H and O–H groups in total. The highest BCUT2D eigenvalue weighted by Crippen LogP contribution is 2.29. The normalized spacial score (nSPS) is 11.2. The summed E-state index contributed by atoms with van der Waals surface area (Å²) in [6.07, 6.45) is 0. The number of hydrogen-bond donors (Lipinski definition) is 2. The molecule has 0 bridgehead atoms. The molecular formula is C18H21ClN4OS. The van der Waals surface area contributed by atoms with Crippen molar-refractivity contribution in [2.24, 2.45) is 0 Å². The first-order valence-corrected chi connectivity index (χ1v) is 9.49. The molecule has 7 heteroatoms. The first-order valence-electron chi connectivity index (χ1n) is 8.29. The molecule has 0 unspecified atom stereocenters. The van der Waals surface area contributed by atoms with Gasteiger partial charge in [-0.05, 0) is 31.2 Å². The highest BCUT2D eigenvalue weighted by Gasteiger charge is 2.16. The molecule has 25 heavy (non-hydrogen) atoms. The van der Waals surface area contributed by atoms with Gasteiger partial charge in [0.05, 0.1) is 17.1 Å². The lowest BCUT2D eigenvalue weighted by atomic mass is 10.2. The number of aryl methyl sites for hydroxylation is 1. The molecule has 0 aliphatic heterocycles. The zero-order chi connectivity index (χ0) is 17.8. The quantitative estimate of drug-likeness (QED) is 0.621. The van der Waals surface area contributed by atoms with Crippen LogP contribution in [0.3, 0.4) is 0 Å². The topological polar surface area (TPSA) is 58.9 Å². The molecule has 132 valence electrons. The summed E-state index contributed by atoms with van der Waals surface area (Å²) in [4.78, 5) is 14.0. The van der Waals surface area contributed by atoms with Gasteiger partial charge in [-0.3, -0.25) is 9.48 Å². The van der Waals surface area contributed by atoms with Gasteiger partial charge in [0.2, 0.25) is 0 Å². The lowest BCUT2D eigenvalue weighted by Gasteiger charge is -2.05. The van der Waals surface area contributed by atoms with Crippen molar-refractivity contribution in [3.8, 4) is 0 Å². The van der Waals surface area contributed by atoms with Crippen molar-refractivity contribution in [2.75, 3.05) is 19.6 Å². The van der Waals surface area contributed by atoms with Crippen molar-refractivity contribution >= 4 is 39.1 Å². The van der Waals surface area contributed by atoms with Crippen molar-refractivity contribution in [3.05, 3.63) is 51.5 Å². The van der Waals surface area contributed by atoms with Gasteiger partial charge in [-0.2, -0.15) is 5.10 Å². The maximum atomic E-state index is 12.3. The third-order valence-electron chi connectivity index (χ3n) is 3.95. The van der Waals surface area contributed by atoms with E-state index in [2.05, 4.69) is 15.7 Å². The van der Waals surface area contributed by atoms with E-state index in [-0.39, 0.29) is 5.91 Å². The molecule has 3 aromatic rings. The van der Waals surface area contributed by atoms with Crippen LogP contribution in [0.2, 0.25) is 5.02 Å². The van der Waals surface area contributed by atoms with E-state index < -0.39 is 0 Å². The maximum absolute atomic E-state index is 12.3. The van der Waals surface area contributed by atoms with E-state index in [1.807, 2.05) is 48.9 Å². The van der Waals surface area contributed by atoms with E-state index in [1.54, 1.807) is 0 Å². The second kappa shape index (κ2) is 7.99. The minimum atomic E-state index is -0.0391. The molecule has 1 aromatic carbocycles. The Balaban J connectivity index is 1.81. The minimum Gasteiger partial charge on any atom is -0.350 e. The van der Waals surface area contributed by atoms with Crippen molar-refractivity contribution in [3.63, 3.8) is 0 Å². The third kappa shape index (κ3) is 4.03. The number of likely N-dealkylation sites (N-methyl/N-ethyl adjacent to an activating group) is 1. The van der Waals surface area contributed by atoms with Crippen LogP contribution in [-0.4, -0.2) is 35.3 Å². The minimum absolute atomic E-state index is 0.0391. The summed E-state index contributed by atoms with van der Waals surface area (Å²) >= 11 is 7.73. The first-order chi connectivity index (χ1) is 12.1. The summed E-state index contributed by atoms with van der Waals surface area (Å²) in [7, 11) is 0. The van der Waals surface area contributed by atoms with Gasteiger partial charge in [-0.15, -0.1) is 11.3 Å². The van der Waals surface area contributed by atoms with Gasteiger partial charge in [-0.25, -0.2) is 0 Å². The number of amides is 1. The van der Waals surface area contributed by atoms with Crippen molar-refractivity contribution in [1.29, 1.82) is 0 Å². The number of nitrogens with zero attached hydrogens (tertiary/aromatic N) is 2. The number of halogens is 1. The molecule has 1 amide bonds. The summed E-state index contributed by atoms with van der Waals surface area (Å²) in [6, 6.07) is 9.67. The van der Waals surface area contributed by atoms with Gasteiger partial charge in [0.15, 0.2) is 0 Å². The van der Waals surface area contributed by atoms with E-state index in [4.69, 9.17) is 11.6 Å². The largest absolute Gasteiger partial charge is 0.350 e. The molecule has 0 spiro atoms. The summed E-state index contributed by atoms with van der Waals surface area (Å²) < 4.78 is 1.92. The summed E-state index contributed by atoms with van der Waals surface area (Å²) in [5, 5.41) is 12.5. The van der Waals surface area contributed by atoms with Crippen molar-refractivity contribution < 1.29 is 4.79 Å². The highest BCUT2D eigenvalue weighted by molar-refractivity contribution is 7.20. The number of carbonyl (C=O) groups is 1. The number of thiophene rings is 1. The molecule has 2 aromatic heterocycles. The number of benzene rings is 1. The predicted octanol–water partition coefficient (Wildman–Crippen LogP) is 3.45. The molecule has 0 saturated carbocycles. The van der Waals surface area contributed by atoms with Crippen LogP contribution in [0.15, 0.2) is 30.3 Å². The summed E-state index contributed by atoms with van der Waals surface area (Å²) in [6.45, 7) is 6.88. The zero-order valence-corrected chi connectivity index (χ0v) is 15.9. The van der Waals surface area contributed by atoms with Crippen LogP contribution in [-0.2, 0) is 6.54 Å². The molecule has 0 radical (unpaired) electrons. The predicted molar refractivity (Wildman–Crippen MR) is 104 cm³/mol. The molecular weight excluding hydrogens is 356 g/mol. The van der Waals surface area contributed by atoms with Crippen LogP contribution in [0.5, 0.6) is 0 Å². The zero-order valence-electron chi connectivity index (χ0n) is 14.3. The van der Waals surface area contributed by atoms with Crippen molar-refractivity contribution in [1.82, 2.24) is 20.4 Å². The molecule has 2 heterocycles. The maximum Gasteiger partial charge on any atom is 0.261 e. The van der Waals surface area contributed by atoms with E-state index in [0.29, 0.717) is 18.0 Å².